The minimum atomic E-state index is -0.571. The number of hydrogen-bond acceptors (Lipinski definition) is 7. The van der Waals surface area contributed by atoms with Gasteiger partial charge in [0.1, 0.15) is 6.54 Å². The number of nitrogens with one attached hydrogen (secondary N) is 1. The first-order chi connectivity index (χ1) is 18.6. The fourth-order valence-electron chi connectivity index (χ4n) is 3.89. The summed E-state index contributed by atoms with van der Waals surface area (Å²) in [7, 11) is 2.85. The van der Waals surface area contributed by atoms with Crippen molar-refractivity contribution in [2.45, 2.75) is 6.54 Å². The summed E-state index contributed by atoms with van der Waals surface area (Å²) in [6.07, 6.45) is 3.05. The van der Waals surface area contributed by atoms with E-state index >= 15 is 0 Å². The molecule has 11 nitrogen and oxygen atoms in total. The van der Waals surface area contributed by atoms with Gasteiger partial charge >= 0.3 is 5.69 Å². The summed E-state index contributed by atoms with van der Waals surface area (Å²) in [4.78, 5) is 56.9. The average Bonchev–Trinajstić information content (AvgIpc) is 3.47. The summed E-state index contributed by atoms with van der Waals surface area (Å²) in [6, 6.07) is 14.1. The Morgan fingerprint density at radius 2 is 1.77 bits per heavy atom. The number of carbonyl (C=O) groups excluding carboxylic acids is 2. The second-order valence-electron chi connectivity index (χ2n) is 8.46. The molecule has 1 aliphatic heterocycles. The van der Waals surface area contributed by atoms with Crippen LogP contribution in [0, 0.1) is 0 Å². The zero-order chi connectivity index (χ0) is 27.8. The molecule has 0 aliphatic carbocycles. The third kappa shape index (κ3) is 5.20. The van der Waals surface area contributed by atoms with Crippen molar-refractivity contribution in [1.82, 2.24) is 24.1 Å². The Balaban J connectivity index is 1.44. The van der Waals surface area contributed by atoms with Gasteiger partial charge in [-0.1, -0.05) is 39.7 Å². The van der Waals surface area contributed by atoms with E-state index in [1.165, 1.54) is 34.5 Å². The van der Waals surface area contributed by atoms with Crippen LogP contribution in [0.4, 0.5) is 5.69 Å². The molecule has 2 amide bonds. The Kier molecular flexibility index (Phi) is 7.30. The lowest BCUT2D eigenvalue weighted by Gasteiger charge is -2.15. The topological polar surface area (TPSA) is 124 Å². The molecule has 0 saturated carbocycles. The third-order valence-corrected chi connectivity index (χ3v) is 7.62. The smallest absolute Gasteiger partial charge is 0.315 e. The normalized spacial score (nSPS) is 15.6. The molecule has 1 aliphatic rings. The monoisotopic (exact) mass is 627 g/mol. The van der Waals surface area contributed by atoms with Gasteiger partial charge in [0.15, 0.2) is 16.3 Å². The van der Waals surface area contributed by atoms with Crippen LogP contribution in [0.3, 0.4) is 0 Å². The van der Waals surface area contributed by atoms with Crippen molar-refractivity contribution in [3.05, 3.63) is 95.7 Å². The van der Waals surface area contributed by atoms with Gasteiger partial charge in [-0.3, -0.25) is 28.4 Å². The van der Waals surface area contributed by atoms with Gasteiger partial charge in [-0.05, 0) is 59.8 Å². The number of thioether (sulfide) groups is 1. The van der Waals surface area contributed by atoms with Gasteiger partial charge in [0.05, 0.1) is 16.9 Å². The van der Waals surface area contributed by atoms with E-state index in [2.05, 4.69) is 31.4 Å². The van der Waals surface area contributed by atoms with Crippen molar-refractivity contribution in [3.63, 3.8) is 0 Å². The first-order valence-electron chi connectivity index (χ1n) is 11.4. The average molecular weight is 629 g/mol. The molecule has 5 rings (SSSR count). The van der Waals surface area contributed by atoms with E-state index < -0.39 is 17.2 Å². The van der Waals surface area contributed by atoms with Gasteiger partial charge in [0.25, 0.3) is 17.4 Å². The Bertz CT molecular complexity index is 1810. The lowest BCUT2D eigenvalue weighted by Crippen LogP contribution is -2.38. The van der Waals surface area contributed by atoms with E-state index in [4.69, 9.17) is 11.6 Å². The van der Waals surface area contributed by atoms with Crippen LogP contribution in [0.1, 0.15) is 5.56 Å². The predicted octanol–water partition coefficient (Wildman–Crippen LogP) is 3.06. The molecule has 0 radical (unpaired) electrons. The molecule has 1 saturated heterocycles. The Labute approximate surface area is 238 Å². The van der Waals surface area contributed by atoms with Crippen LogP contribution in [-0.2, 0) is 30.2 Å². The molecular formula is C25H19BrClN7O4S. The van der Waals surface area contributed by atoms with Crippen molar-refractivity contribution >= 4 is 79.2 Å². The number of amidine groups is 1. The van der Waals surface area contributed by atoms with Gasteiger partial charge in [-0.15, -0.1) is 5.10 Å². The Morgan fingerprint density at radius 1 is 1.08 bits per heavy atom. The molecule has 0 atom stereocenters. The standard InChI is InChI=1S/C25H19BrClN7O4S/c1-31-21-20(23(37)32(2)25(31)38)33(13-28-21)12-19(35)29-30-24-34(17-9-7-16(27)8-10-17)22(36)18(39-24)11-14-3-5-15(26)6-4-14/h3-11,13H,12H2,1-2H3,(H,29,35)/b18-11+,30-24+. The second-order valence-corrected chi connectivity index (χ2v) is 10.8. The van der Waals surface area contributed by atoms with Gasteiger partial charge < -0.3 is 4.57 Å². The van der Waals surface area contributed by atoms with Crippen LogP contribution in [0.2, 0.25) is 5.02 Å². The number of aryl methyl sites for hydroxylation is 1. The van der Waals surface area contributed by atoms with Crippen molar-refractivity contribution < 1.29 is 9.59 Å². The first-order valence-corrected chi connectivity index (χ1v) is 13.4. The number of amides is 2. The van der Waals surface area contributed by atoms with E-state index in [-0.39, 0.29) is 28.8 Å². The predicted molar refractivity (Wildman–Crippen MR) is 154 cm³/mol. The Hall–Kier alpha value is -3.94. The summed E-state index contributed by atoms with van der Waals surface area (Å²) in [5.74, 6) is -0.879. The van der Waals surface area contributed by atoms with Gasteiger partial charge in [-0.25, -0.2) is 15.2 Å². The lowest BCUT2D eigenvalue weighted by molar-refractivity contribution is -0.121. The number of hydrogen-bond donors (Lipinski definition) is 1. The summed E-state index contributed by atoms with van der Waals surface area (Å²) in [5.41, 5.74) is 2.98. The fraction of sp³-hybridized carbons (Fsp3) is 0.120. The van der Waals surface area contributed by atoms with Crippen molar-refractivity contribution in [2.24, 2.45) is 19.2 Å². The van der Waals surface area contributed by atoms with Crippen molar-refractivity contribution in [1.29, 1.82) is 0 Å². The van der Waals surface area contributed by atoms with Gasteiger partial charge in [-0.2, -0.15) is 0 Å². The summed E-state index contributed by atoms with van der Waals surface area (Å²) in [6.45, 7) is -0.290. The van der Waals surface area contributed by atoms with Gasteiger partial charge in [0, 0.05) is 23.6 Å². The second kappa shape index (κ2) is 10.7. The zero-order valence-corrected chi connectivity index (χ0v) is 23.6. The highest BCUT2D eigenvalue weighted by molar-refractivity contribution is 9.10. The number of fused-ring (bicyclic) bond motifs is 1. The number of halogens is 2. The van der Waals surface area contributed by atoms with Crippen LogP contribution in [0.25, 0.3) is 17.2 Å². The van der Waals surface area contributed by atoms with E-state index in [0.717, 1.165) is 26.4 Å². The SMILES string of the molecule is Cn1c(=O)c2c(ncn2CC(=O)N/N=C2/S/C(=C/c3ccc(Br)cc3)C(=O)N2c2ccc(Cl)cc2)n(C)c1=O. The highest BCUT2D eigenvalue weighted by Crippen LogP contribution is 2.36. The quantitative estimate of drug-likeness (QED) is 0.268. The van der Waals surface area contributed by atoms with Gasteiger partial charge in [0.2, 0.25) is 0 Å². The van der Waals surface area contributed by atoms with E-state index in [9.17, 15) is 19.2 Å². The molecule has 1 fully saturated rings. The molecule has 1 N–H and O–H groups in total. The number of anilines is 1. The largest absolute Gasteiger partial charge is 0.332 e. The summed E-state index contributed by atoms with van der Waals surface area (Å²) in [5, 5.41) is 4.96. The third-order valence-electron chi connectivity index (χ3n) is 5.87. The fourth-order valence-corrected chi connectivity index (χ4v) is 5.23. The van der Waals surface area contributed by atoms with Crippen LogP contribution < -0.4 is 21.6 Å². The number of nitrogens with zero attached hydrogens (tertiary/aromatic N) is 6. The first kappa shape index (κ1) is 26.7. The number of hydrazone groups is 1. The molecule has 0 unspecified atom stereocenters. The van der Waals surface area contributed by atoms with E-state index in [0.29, 0.717) is 15.6 Å². The van der Waals surface area contributed by atoms with E-state index in [1.54, 1.807) is 30.3 Å². The molecular weight excluding hydrogens is 610 g/mol. The van der Waals surface area contributed by atoms with Crippen LogP contribution in [-0.4, -0.2) is 35.7 Å². The number of aromatic nitrogens is 4. The molecule has 2 aromatic carbocycles. The maximum atomic E-state index is 13.4. The summed E-state index contributed by atoms with van der Waals surface area (Å²) >= 11 is 10.5. The molecule has 3 heterocycles. The van der Waals surface area contributed by atoms with E-state index in [1.807, 2.05) is 24.3 Å². The highest BCUT2D eigenvalue weighted by atomic mass is 79.9. The minimum Gasteiger partial charge on any atom is -0.315 e. The maximum Gasteiger partial charge on any atom is 0.332 e. The highest BCUT2D eigenvalue weighted by Gasteiger charge is 2.35. The Morgan fingerprint density at radius 3 is 2.46 bits per heavy atom. The molecule has 14 heteroatoms. The molecule has 4 aromatic rings. The lowest BCUT2D eigenvalue weighted by atomic mass is 10.2. The number of benzene rings is 2. The molecule has 198 valence electrons. The number of imidazole rings is 1. The minimum absolute atomic E-state index is 0.107. The maximum absolute atomic E-state index is 13.4. The number of rotatable bonds is 5. The molecule has 39 heavy (non-hydrogen) atoms. The van der Waals surface area contributed by atoms with Crippen LogP contribution in [0.15, 0.2) is 78.9 Å². The summed E-state index contributed by atoms with van der Waals surface area (Å²) < 4.78 is 4.43. The zero-order valence-electron chi connectivity index (χ0n) is 20.5. The molecule has 2 aromatic heterocycles. The van der Waals surface area contributed by atoms with Crippen LogP contribution in [0.5, 0.6) is 0 Å². The van der Waals surface area contributed by atoms with Crippen molar-refractivity contribution in [3.8, 4) is 0 Å². The van der Waals surface area contributed by atoms with Crippen molar-refractivity contribution in [2.75, 3.05) is 4.90 Å². The molecule has 0 bridgehead atoms. The molecule has 0 spiro atoms. The van der Waals surface area contributed by atoms with Crippen LogP contribution >= 0.6 is 39.3 Å². The number of carbonyl (C=O) groups is 2.